The summed E-state index contributed by atoms with van der Waals surface area (Å²) in [5, 5.41) is 19.0. The molecule has 2 amide bonds. The summed E-state index contributed by atoms with van der Waals surface area (Å²) in [5.41, 5.74) is 8.70. The van der Waals surface area contributed by atoms with Crippen LogP contribution in [0.4, 0.5) is 0 Å². The Morgan fingerprint density at radius 3 is 2.58 bits per heavy atom. The maximum Gasteiger partial charge on any atom is 0.262 e. The van der Waals surface area contributed by atoms with E-state index in [1.165, 1.54) is 22.6 Å². The van der Waals surface area contributed by atoms with E-state index in [1.807, 2.05) is 48.7 Å². The van der Waals surface area contributed by atoms with Crippen molar-refractivity contribution >= 4 is 38.8 Å². The number of aryl methyl sites for hydroxylation is 1. The minimum Gasteiger partial charge on any atom is -0.488 e. The number of thiophene rings is 1. The number of rotatable bonds is 9. The zero-order valence-corrected chi connectivity index (χ0v) is 23.8. The van der Waals surface area contributed by atoms with Crippen LogP contribution in [0, 0.1) is 0 Å². The number of benzene rings is 1. The number of carbonyl (C=O) groups is 2. The van der Waals surface area contributed by atoms with E-state index in [1.54, 1.807) is 6.20 Å². The van der Waals surface area contributed by atoms with Crippen molar-refractivity contribution in [3.05, 3.63) is 64.3 Å². The Hall–Kier alpha value is -3.43. The molecule has 3 aromatic heterocycles. The second-order valence-electron chi connectivity index (χ2n) is 11.9. The highest BCUT2D eigenvalue weighted by molar-refractivity contribution is 7.21. The molecular weight excluding hydrogens is 524 g/mol. The molecule has 0 radical (unpaired) electrons. The summed E-state index contributed by atoms with van der Waals surface area (Å²) in [7, 11) is 0. The Morgan fingerprint density at radius 2 is 1.88 bits per heavy atom. The van der Waals surface area contributed by atoms with E-state index in [9.17, 15) is 14.7 Å². The van der Waals surface area contributed by atoms with Crippen molar-refractivity contribution in [2.45, 2.75) is 88.9 Å². The van der Waals surface area contributed by atoms with Gasteiger partial charge in [0.2, 0.25) is 0 Å². The molecule has 9 heteroatoms. The second-order valence-corrected chi connectivity index (χ2v) is 12.9. The minimum atomic E-state index is -0.726. The number of primary amides is 1. The Morgan fingerprint density at radius 1 is 1.12 bits per heavy atom. The van der Waals surface area contributed by atoms with Gasteiger partial charge in [0.15, 0.2) is 5.75 Å². The van der Waals surface area contributed by atoms with E-state index < -0.39 is 11.5 Å². The van der Waals surface area contributed by atoms with Gasteiger partial charge in [0.05, 0.1) is 29.0 Å². The first-order valence-corrected chi connectivity index (χ1v) is 15.0. The third kappa shape index (κ3) is 5.45. The molecule has 4 N–H and O–H groups in total. The van der Waals surface area contributed by atoms with Crippen LogP contribution < -0.4 is 15.8 Å². The topological polar surface area (TPSA) is 119 Å². The quantitative estimate of drug-likeness (QED) is 0.255. The Kier molecular flexibility index (Phi) is 7.04. The summed E-state index contributed by atoms with van der Waals surface area (Å²) in [6.07, 6.45) is 8.48. The van der Waals surface area contributed by atoms with Gasteiger partial charge in [-0.25, -0.2) is 4.52 Å². The molecule has 0 spiro atoms. The highest BCUT2D eigenvalue weighted by Gasteiger charge is 2.31. The lowest BCUT2D eigenvalue weighted by Gasteiger charge is -2.29. The number of amides is 2. The van der Waals surface area contributed by atoms with Crippen LogP contribution in [0.5, 0.6) is 5.75 Å². The highest BCUT2D eigenvalue weighted by Crippen LogP contribution is 2.43. The Bertz CT molecular complexity index is 1570. The average Bonchev–Trinajstić information content (AvgIpc) is 3.56. The van der Waals surface area contributed by atoms with E-state index in [0.29, 0.717) is 28.5 Å². The van der Waals surface area contributed by atoms with Gasteiger partial charge in [-0.2, -0.15) is 5.10 Å². The standard InChI is InChI=1S/C31H36N4O4S/c1-31(2,38)16-15-19-9-14-24-23(17-33-35(24)26(19)18-7-8-18)30(37)34-20-10-12-21(13-11-20)39-27-22-5-3-4-6-25(22)40-28(27)29(32)36/h3-6,9,14,17-18,20-21,38H,7-8,10-13,15-16H2,1-2H3,(H2,32,36)(H,34,37). The van der Waals surface area contributed by atoms with Crippen LogP contribution >= 0.6 is 11.3 Å². The van der Waals surface area contributed by atoms with Crippen LogP contribution in [0.15, 0.2) is 42.6 Å². The molecule has 2 aliphatic carbocycles. The number of ether oxygens (including phenoxy) is 1. The molecule has 0 unspecified atom stereocenters. The van der Waals surface area contributed by atoms with Crippen molar-refractivity contribution in [3.8, 4) is 5.75 Å². The number of nitrogens with zero attached hydrogens (tertiary/aromatic N) is 2. The van der Waals surface area contributed by atoms with E-state index in [4.69, 9.17) is 10.5 Å². The van der Waals surface area contributed by atoms with Crippen LogP contribution in [0.1, 0.15) is 96.0 Å². The SMILES string of the molecule is CC(C)(O)CCc1ccc2c(C(=O)NC3CCC(Oc4c(C(N)=O)sc5ccccc45)CC3)cnn2c1C1CC1. The number of nitrogens with one attached hydrogen (secondary N) is 1. The summed E-state index contributed by atoms with van der Waals surface area (Å²) in [5.74, 6) is 0.465. The normalized spacial score (nSPS) is 19.7. The molecule has 0 bridgehead atoms. The molecule has 210 valence electrons. The van der Waals surface area contributed by atoms with Gasteiger partial charge in [-0.3, -0.25) is 9.59 Å². The first-order chi connectivity index (χ1) is 19.2. The fraction of sp³-hybridized carbons (Fsp3) is 0.452. The molecule has 8 nitrogen and oxygen atoms in total. The lowest BCUT2D eigenvalue weighted by molar-refractivity contribution is 0.0712. The van der Waals surface area contributed by atoms with E-state index in [-0.39, 0.29) is 18.1 Å². The molecule has 6 rings (SSSR count). The second kappa shape index (κ2) is 10.5. The van der Waals surface area contributed by atoms with Gasteiger partial charge < -0.3 is 20.9 Å². The number of carbonyl (C=O) groups excluding carboxylic acids is 2. The summed E-state index contributed by atoms with van der Waals surface area (Å²) in [6.45, 7) is 3.67. The van der Waals surface area contributed by atoms with E-state index >= 15 is 0 Å². The summed E-state index contributed by atoms with van der Waals surface area (Å²) in [4.78, 5) is 25.9. The van der Waals surface area contributed by atoms with Crippen molar-refractivity contribution in [2.75, 3.05) is 0 Å². The highest BCUT2D eigenvalue weighted by atomic mass is 32.1. The predicted octanol–water partition coefficient (Wildman–Crippen LogP) is 5.35. The zero-order valence-electron chi connectivity index (χ0n) is 23.0. The first kappa shape index (κ1) is 26.8. The molecule has 1 aromatic carbocycles. The number of aromatic nitrogens is 2. The van der Waals surface area contributed by atoms with Crippen LogP contribution in [-0.2, 0) is 6.42 Å². The molecule has 40 heavy (non-hydrogen) atoms. The van der Waals surface area contributed by atoms with Gasteiger partial charge in [-0.05, 0) is 89.0 Å². The lowest BCUT2D eigenvalue weighted by atomic mass is 9.92. The van der Waals surface area contributed by atoms with Gasteiger partial charge in [0.1, 0.15) is 4.88 Å². The maximum absolute atomic E-state index is 13.4. The first-order valence-electron chi connectivity index (χ1n) is 14.2. The van der Waals surface area contributed by atoms with Crippen molar-refractivity contribution in [1.82, 2.24) is 14.9 Å². The molecular formula is C31H36N4O4S. The molecule has 2 aliphatic rings. The zero-order chi connectivity index (χ0) is 28.0. The fourth-order valence-electron chi connectivity index (χ4n) is 5.79. The number of aliphatic hydroxyl groups is 1. The molecule has 0 aliphatic heterocycles. The third-order valence-electron chi connectivity index (χ3n) is 8.09. The fourth-order valence-corrected chi connectivity index (χ4v) is 6.77. The largest absolute Gasteiger partial charge is 0.488 e. The van der Waals surface area contributed by atoms with Gasteiger partial charge in [0, 0.05) is 27.7 Å². The van der Waals surface area contributed by atoms with Crippen molar-refractivity contribution in [2.24, 2.45) is 5.73 Å². The minimum absolute atomic E-state index is 0.0374. The Balaban J connectivity index is 1.12. The third-order valence-corrected chi connectivity index (χ3v) is 9.26. The number of hydrogen-bond acceptors (Lipinski definition) is 6. The van der Waals surface area contributed by atoms with Crippen LogP contribution in [0.25, 0.3) is 15.6 Å². The van der Waals surface area contributed by atoms with Gasteiger partial charge >= 0.3 is 0 Å². The maximum atomic E-state index is 13.4. The number of nitrogens with two attached hydrogens (primary N) is 1. The molecule has 0 saturated heterocycles. The number of pyridine rings is 1. The van der Waals surface area contributed by atoms with Crippen LogP contribution in [0.3, 0.4) is 0 Å². The predicted molar refractivity (Wildman–Crippen MR) is 156 cm³/mol. The smallest absolute Gasteiger partial charge is 0.262 e. The van der Waals surface area contributed by atoms with Gasteiger partial charge in [-0.1, -0.05) is 18.2 Å². The average molecular weight is 561 g/mol. The number of hydrogen-bond donors (Lipinski definition) is 3. The molecule has 3 heterocycles. The lowest BCUT2D eigenvalue weighted by Crippen LogP contribution is -2.39. The van der Waals surface area contributed by atoms with Gasteiger partial charge in [0.25, 0.3) is 11.8 Å². The summed E-state index contributed by atoms with van der Waals surface area (Å²) < 4.78 is 9.27. The van der Waals surface area contributed by atoms with Crippen molar-refractivity contribution in [3.63, 3.8) is 0 Å². The van der Waals surface area contributed by atoms with Gasteiger partial charge in [-0.15, -0.1) is 11.3 Å². The van der Waals surface area contributed by atoms with E-state index in [2.05, 4.69) is 16.5 Å². The van der Waals surface area contributed by atoms with E-state index in [0.717, 1.165) is 60.5 Å². The molecule has 2 saturated carbocycles. The van der Waals surface area contributed by atoms with Crippen molar-refractivity contribution in [1.29, 1.82) is 0 Å². The Labute approximate surface area is 237 Å². The molecule has 0 atom stereocenters. The summed E-state index contributed by atoms with van der Waals surface area (Å²) in [6, 6.07) is 11.9. The number of fused-ring (bicyclic) bond motifs is 2. The molecule has 4 aromatic rings. The summed E-state index contributed by atoms with van der Waals surface area (Å²) >= 11 is 1.36. The van der Waals surface area contributed by atoms with Crippen LogP contribution in [-0.4, -0.2) is 44.3 Å². The van der Waals surface area contributed by atoms with Crippen LogP contribution in [0.2, 0.25) is 0 Å². The van der Waals surface area contributed by atoms with Crippen molar-refractivity contribution < 1.29 is 19.4 Å². The molecule has 2 fully saturated rings. The monoisotopic (exact) mass is 560 g/mol.